The average molecular weight is 233 g/mol. The van der Waals surface area contributed by atoms with Crippen molar-refractivity contribution in [3.63, 3.8) is 0 Å². The third-order valence-electron chi connectivity index (χ3n) is 2.83. The Morgan fingerprint density at radius 1 is 1.31 bits per heavy atom. The summed E-state index contributed by atoms with van der Waals surface area (Å²) in [5.41, 5.74) is 2.42. The fraction of sp³-hybridized carbons (Fsp3) is 0.308. The number of hydrogen-bond acceptors (Lipinski definition) is 3. The molecule has 1 aromatic heterocycles. The number of hydrogen-bond donors (Lipinski definition) is 1. The Hall–Kier alpha value is -1.35. The molecule has 2 aromatic rings. The van der Waals surface area contributed by atoms with E-state index in [1.807, 2.05) is 0 Å². The molecule has 0 saturated carbocycles. The van der Waals surface area contributed by atoms with Crippen LogP contribution in [0.5, 0.6) is 5.88 Å². The van der Waals surface area contributed by atoms with Gasteiger partial charge >= 0.3 is 0 Å². The van der Waals surface area contributed by atoms with Crippen LogP contribution in [0, 0.1) is 0 Å². The SMILES string of the molecule is CCC(C)c1ccc(-c2nc(O)cs2)cc1. The molecular formula is C13H15NOS. The molecule has 2 rings (SSSR count). The Balaban J connectivity index is 2.25. The lowest BCUT2D eigenvalue weighted by atomic mass is 9.98. The van der Waals surface area contributed by atoms with Crippen LogP contribution in [0.3, 0.4) is 0 Å². The number of nitrogens with zero attached hydrogens (tertiary/aromatic N) is 1. The molecule has 0 saturated heterocycles. The number of benzene rings is 1. The highest BCUT2D eigenvalue weighted by Crippen LogP contribution is 2.28. The van der Waals surface area contributed by atoms with Gasteiger partial charge in [0.2, 0.25) is 5.88 Å². The largest absolute Gasteiger partial charge is 0.493 e. The Labute approximate surface area is 99.6 Å². The van der Waals surface area contributed by atoms with Gasteiger partial charge in [0.15, 0.2) is 0 Å². The van der Waals surface area contributed by atoms with Gasteiger partial charge in [-0.2, -0.15) is 0 Å². The predicted octanol–water partition coefficient (Wildman–Crippen LogP) is 4.03. The molecule has 16 heavy (non-hydrogen) atoms. The molecule has 3 heteroatoms. The molecule has 1 atom stereocenters. The van der Waals surface area contributed by atoms with Gasteiger partial charge in [-0.25, -0.2) is 4.98 Å². The fourth-order valence-corrected chi connectivity index (χ4v) is 2.28. The second-order valence-corrected chi connectivity index (χ2v) is 4.80. The molecule has 1 unspecified atom stereocenters. The third-order valence-corrected chi connectivity index (χ3v) is 3.71. The minimum Gasteiger partial charge on any atom is -0.493 e. The monoisotopic (exact) mass is 233 g/mol. The van der Waals surface area contributed by atoms with Gasteiger partial charge in [0, 0.05) is 5.56 Å². The zero-order chi connectivity index (χ0) is 11.5. The molecule has 0 radical (unpaired) electrons. The van der Waals surface area contributed by atoms with E-state index in [0.29, 0.717) is 5.92 Å². The highest BCUT2D eigenvalue weighted by atomic mass is 32.1. The van der Waals surface area contributed by atoms with E-state index in [2.05, 4.69) is 43.1 Å². The van der Waals surface area contributed by atoms with E-state index in [9.17, 15) is 5.11 Å². The molecule has 0 aliphatic carbocycles. The zero-order valence-electron chi connectivity index (χ0n) is 9.47. The van der Waals surface area contributed by atoms with Crippen LogP contribution in [0.2, 0.25) is 0 Å². The topological polar surface area (TPSA) is 33.1 Å². The Morgan fingerprint density at radius 2 is 2.00 bits per heavy atom. The van der Waals surface area contributed by atoms with Crippen molar-refractivity contribution in [2.45, 2.75) is 26.2 Å². The first-order valence-electron chi connectivity index (χ1n) is 5.45. The zero-order valence-corrected chi connectivity index (χ0v) is 10.3. The van der Waals surface area contributed by atoms with E-state index < -0.39 is 0 Å². The quantitative estimate of drug-likeness (QED) is 0.868. The summed E-state index contributed by atoms with van der Waals surface area (Å²) in [6, 6.07) is 8.42. The molecule has 0 bridgehead atoms. The summed E-state index contributed by atoms with van der Waals surface area (Å²) in [7, 11) is 0. The van der Waals surface area contributed by atoms with Crippen LogP contribution in [0.25, 0.3) is 10.6 Å². The summed E-state index contributed by atoms with van der Waals surface area (Å²) in [4.78, 5) is 4.05. The highest BCUT2D eigenvalue weighted by molar-refractivity contribution is 7.13. The number of rotatable bonds is 3. The van der Waals surface area contributed by atoms with Crippen LogP contribution >= 0.6 is 11.3 Å². The minimum absolute atomic E-state index is 0.103. The third kappa shape index (κ3) is 2.25. The molecule has 1 heterocycles. The lowest BCUT2D eigenvalue weighted by molar-refractivity contribution is 0.458. The molecule has 0 spiro atoms. The van der Waals surface area contributed by atoms with E-state index in [0.717, 1.165) is 17.0 Å². The second-order valence-electron chi connectivity index (χ2n) is 3.94. The normalized spacial score (nSPS) is 12.6. The molecule has 84 valence electrons. The molecule has 0 aliphatic heterocycles. The smallest absolute Gasteiger partial charge is 0.222 e. The maximum absolute atomic E-state index is 9.19. The van der Waals surface area contributed by atoms with Gasteiger partial charge in [0.25, 0.3) is 0 Å². The standard InChI is InChI=1S/C13H15NOS/c1-3-9(2)10-4-6-11(7-5-10)13-14-12(15)8-16-13/h4-9,15H,3H2,1-2H3. The van der Waals surface area contributed by atoms with Crippen LogP contribution in [0.1, 0.15) is 31.7 Å². The van der Waals surface area contributed by atoms with Gasteiger partial charge in [-0.3, -0.25) is 0 Å². The lowest BCUT2D eigenvalue weighted by Crippen LogP contribution is -1.90. The van der Waals surface area contributed by atoms with Gasteiger partial charge in [-0.15, -0.1) is 11.3 Å². The number of aromatic nitrogens is 1. The van der Waals surface area contributed by atoms with Crippen molar-refractivity contribution >= 4 is 11.3 Å². The molecular weight excluding hydrogens is 218 g/mol. The maximum Gasteiger partial charge on any atom is 0.222 e. The first-order valence-corrected chi connectivity index (χ1v) is 6.33. The molecule has 2 nitrogen and oxygen atoms in total. The van der Waals surface area contributed by atoms with Gasteiger partial charge in [0.1, 0.15) is 5.01 Å². The van der Waals surface area contributed by atoms with Gasteiger partial charge in [0.05, 0.1) is 5.38 Å². The van der Waals surface area contributed by atoms with E-state index in [4.69, 9.17) is 0 Å². The second kappa shape index (κ2) is 4.66. The summed E-state index contributed by atoms with van der Waals surface area (Å²) >= 11 is 1.46. The summed E-state index contributed by atoms with van der Waals surface area (Å²) in [6.45, 7) is 4.42. The highest BCUT2D eigenvalue weighted by Gasteiger charge is 2.06. The fourth-order valence-electron chi connectivity index (χ4n) is 1.59. The number of thiazole rings is 1. The Morgan fingerprint density at radius 3 is 2.50 bits per heavy atom. The summed E-state index contributed by atoms with van der Waals surface area (Å²) in [6.07, 6.45) is 1.15. The summed E-state index contributed by atoms with van der Waals surface area (Å²) < 4.78 is 0. The van der Waals surface area contributed by atoms with Crippen molar-refractivity contribution in [2.24, 2.45) is 0 Å². The minimum atomic E-state index is 0.103. The molecule has 1 aromatic carbocycles. The van der Waals surface area contributed by atoms with Gasteiger partial charge in [-0.1, -0.05) is 38.1 Å². The van der Waals surface area contributed by atoms with E-state index in [1.165, 1.54) is 16.9 Å². The van der Waals surface area contributed by atoms with E-state index in [-0.39, 0.29) is 5.88 Å². The lowest BCUT2D eigenvalue weighted by Gasteiger charge is -2.08. The predicted molar refractivity (Wildman–Crippen MR) is 67.9 cm³/mol. The van der Waals surface area contributed by atoms with Crippen molar-refractivity contribution in [3.8, 4) is 16.5 Å². The van der Waals surface area contributed by atoms with Crippen LogP contribution < -0.4 is 0 Å². The molecule has 0 fully saturated rings. The summed E-state index contributed by atoms with van der Waals surface area (Å²) in [5.74, 6) is 0.699. The van der Waals surface area contributed by atoms with Crippen molar-refractivity contribution in [3.05, 3.63) is 35.2 Å². The number of aromatic hydroxyl groups is 1. The first kappa shape index (κ1) is 11.1. The van der Waals surface area contributed by atoms with Crippen LogP contribution in [0.4, 0.5) is 0 Å². The van der Waals surface area contributed by atoms with Crippen LogP contribution in [-0.2, 0) is 0 Å². The van der Waals surface area contributed by atoms with E-state index in [1.54, 1.807) is 5.38 Å². The molecule has 0 amide bonds. The van der Waals surface area contributed by atoms with Gasteiger partial charge in [-0.05, 0) is 17.9 Å². The summed E-state index contributed by atoms with van der Waals surface area (Å²) in [5, 5.41) is 11.7. The van der Waals surface area contributed by atoms with Crippen molar-refractivity contribution in [1.82, 2.24) is 4.98 Å². The molecule has 0 aliphatic rings. The van der Waals surface area contributed by atoms with Gasteiger partial charge < -0.3 is 5.11 Å². The van der Waals surface area contributed by atoms with Crippen molar-refractivity contribution < 1.29 is 5.11 Å². The maximum atomic E-state index is 9.19. The van der Waals surface area contributed by atoms with E-state index >= 15 is 0 Å². The average Bonchev–Trinajstić information content (AvgIpc) is 2.75. The van der Waals surface area contributed by atoms with Crippen molar-refractivity contribution in [2.75, 3.05) is 0 Å². The van der Waals surface area contributed by atoms with Crippen molar-refractivity contribution in [1.29, 1.82) is 0 Å². The van der Waals surface area contributed by atoms with Crippen LogP contribution in [-0.4, -0.2) is 10.1 Å². The Bertz CT molecular complexity index is 461. The first-order chi connectivity index (χ1) is 7.70. The molecule has 1 N–H and O–H groups in total. The van der Waals surface area contributed by atoms with Crippen LogP contribution in [0.15, 0.2) is 29.6 Å². The Kier molecular flexibility index (Phi) is 3.25.